The maximum Gasteiger partial charge on any atom is 0.433 e. The molecule has 2 heterocycles. The fourth-order valence-electron chi connectivity index (χ4n) is 2.36. The first kappa shape index (κ1) is 13.6. The van der Waals surface area contributed by atoms with Gasteiger partial charge in [-0.3, -0.25) is 5.43 Å². The van der Waals surface area contributed by atoms with Gasteiger partial charge in [-0.15, -0.1) is 0 Å². The van der Waals surface area contributed by atoms with E-state index in [1.54, 1.807) is 4.90 Å². The van der Waals surface area contributed by atoms with Gasteiger partial charge in [-0.25, -0.2) is 10.8 Å². The molecule has 5 nitrogen and oxygen atoms in total. The van der Waals surface area contributed by atoms with E-state index in [0.29, 0.717) is 6.54 Å². The van der Waals surface area contributed by atoms with Crippen molar-refractivity contribution in [2.75, 3.05) is 16.9 Å². The molecule has 3 N–H and O–H groups in total. The Morgan fingerprint density at radius 3 is 2.67 bits per heavy atom. The molecule has 0 fully saturated rings. The number of rotatable bonds is 2. The molecule has 1 aliphatic heterocycles. The number of hydrogen-bond acceptors (Lipinski definition) is 5. The second kappa shape index (κ2) is 4.88. The number of nitrogens with zero attached hydrogens (tertiary/aromatic N) is 3. The van der Waals surface area contributed by atoms with Gasteiger partial charge in [-0.1, -0.05) is 18.2 Å². The van der Waals surface area contributed by atoms with E-state index >= 15 is 0 Å². The van der Waals surface area contributed by atoms with E-state index in [1.807, 2.05) is 24.3 Å². The smallest absolute Gasteiger partial charge is 0.326 e. The number of benzene rings is 1. The molecule has 1 aromatic carbocycles. The molecule has 0 radical (unpaired) electrons. The van der Waals surface area contributed by atoms with Crippen molar-refractivity contribution in [1.29, 1.82) is 0 Å². The lowest BCUT2D eigenvalue weighted by Crippen LogP contribution is -2.20. The first-order valence-electron chi connectivity index (χ1n) is 6.27. The lowest BCUT2D eigenvalue weighted by Gasteiger charge is -2.20. The summed E-state index contributed by atoms with van der Waals surface area (Å²) in [6.45, 7) is 0.567. The molecule has 0 saturated carbocycles. The molecular formula is C13H12F3N5. The predicted octanol–water partition coefficient (Wildman–Crippen LogP) is 2.48. The largest absolute Gasteiger partial charge is 0.433 e. The van der Waals surface area contributed by atoms with Crippen LogP contribution in [0.4, 0.5) is 30.6 Å². The van der Waals surface area contributed by atoms with Crippen LogP contribution >= 0.6 is 0 Å². The molecule has 8 heteroatoms. The number of nitrogens with one attached hydrogen (secondary N) is 1. The zero-order chi connectivity index (χ0) is 15.0. The van der Waals surface area contributed by atoms with Gasteiger partial charge in [0, 0.05) is 18.3 Å². The number of halogens is 3. The number of anilines is 3. The molecule has 110 valence electrons. The third-order valence-electron chi connectivity index (χ3n) is 3.30. The standard InChI is InChI=1S/C13H12F3N5/c14-13(15,16)10-7-11(19-12(18-10)20-17)21-6-5-8-3-1-2-4-9(8)21/h1-4,7H,5-6,17H2,(H,18,19,20). The lowest BCUT2D eigenvalue weighted by atomic mass is 10.2. The number of nitrogens with two attached hydrogens (primary N) is 1. The minimum absolute atomic E-state index is 0.176. The molecule has 0 unspecified atom stereocenters. The molecular weight excluding hydrogens is 283 g/mol. The van der Waals surface area contributed by atoms with Gasteiger partial charge in [0.15, 0.2) is 5.69 Å². The normalized spacial score (nSPS) is 14.2. The van der Waals surface area contributed by atoms with Crippen LogP contribution in [-0.2, 0) is 12.6 Å². The summed E-state index contributed by atoms with van der Waals surface area (Å²) < 4.78 is 38.7. The van der Waals surface area contributed by atoms with Crippen molar-refractivity contribution in [1.82, 2.24) is 9.97 Å². The minimum atomic E-state index is -4.55. The summed E-state index contributed by atoms with van der Waals surface area (Å²) >= 11 is 0. The molecule has 21 heavy (non-hydrogen) atoms. The van der Waals surface area contributed by atoms with Gasteiger partial charge in [0.1, 0.15) is 5.82 Å². The van der Waals surface area contributed by atoms with Crippen LogP contribution in [0.1, 0.15) is 11.3 Å². The Kier molecular flexibility index (Phi) is 3.17. The van der Waals surface area contributed by atoms with Crippen molar-refractivity contribution in [3.05, 3.63) is 41.6 Å². The number of hydrazine groups is 1. The first-order valence-corrected chi connectivity index (χ1v) is 6.27. The van der Waals surface area contributed by atoms with Gasteiger partial charge in [0.05, 0.1) is 0 Å². The number of hydrogen-bond donors (Lipinski definition) is 2. The maximum atomic E-state index is 12.9. The zero-order valence-corrected chi connectivity index (χ0v) is 10.9. The van der Waals surface area contributed by atoms with Gasteiger partial charge in [-0.2, -0.15) is 18.2 Å². The van der Waals surface area contributed by atoms with E-state index in [-0.39, 0.29) is 11.8 Å². The van der Waals surface area contributed by atoms with Crippen LogP contribution in [0.25, 0.3) is 0 Å². The summed E-state index contributed by atoms with van der Waals surface area (Å²) in [5.41, 5.74) is 2.98. The highest BCUT2D eigenvalue weighted by Crippen LogP contribution is 2.36. The number of para-hydroxylation sites is 1. The first-order chi connectivity index (χ1) is 9.99. The van der Waals surface area contributed by atoms with Crippen molar-refractivity contribution in [3.63, 3.8) is 0 Å². The Labute approximate surface area is 118 Å². The Bertz CT molecular complexity index is 671. The summed E-state index contributed by atoms with van der Waals surface area (Å²) in [6, 6.07) is 8.47. The summed E-state index contributed by atoms with van der Waals surface area (Å²) in [4.78, 5) is 9.11. The van der Waals surface area contributed by atoms with Crippen molar-refractivity contribution < 1.29 is 13.2 Å². The fraction of sp³-hybridized carbons (Fsp3) is 0.231. The Morgan fingerprint density at radius 1 is 1.19 bits per heavy atom. The molecule has 3 rings (SSSR count). The molecule has 0 aliphatic carbocycles. The Morgan fingerprint density at radius 2 is 1.95 bits per heavy atom. The van der Waals surface area contributed by atoms with Gasteiger partial charge in [0.25, 0.3) is 0 Å². The van der Waals surface area contributed by atoms with E-state index in [4.69, 9.17) is 5.84 Å². The summed E-state index contributed by atoms with van der Waals surface area (Å²) in [5, 5.41) is 0. The zero-order valence-electron chi connectivity index (χ0n) is 10.9. The summed E-state index contributed by atoms with van der Waals surface area (Å²) in [5.74, 6) is 5.08. The fourth-order valence-corrected chi connectivity index (χ4v) is 2.36. The van der Waals surface area contributed by atoms with Gasteiger partial charge < -0.3 is 4.90 Å². The van der Waals surface area contributed by atoms with Crippen LogP contribution < -0.4 is 16.2 Å². The Balaban J connectivity index is 2.07. The molecule has 1 aliphatic rings. The average molecular weight is 295 g/mol. The molecule has 0 spiro atoms. The molecule has 0 saturated heterocycles. The third-order valence-corrected chi connectivity index (χ3v) is 3.30. The average Bonchev–Trinajstić information content (AvgIpc) is 2.89. The molecule has 2 aromatic rings. The SMILES string of the molecule is NNc1nc(N2CCc3ccccc32)cc(C(F)(F)F)n1. The van der Waals surface area contributed by atoms with Crippen LogP contribution in [0.15, 0.2) is 30.3 Å². The lowest BCUT2D eigenvalue weighted by molar-refractivity contribution is -0.141. The third kappa shape index (κ3) is 2.49. The van der Waals surface area contributed by atoms with E-state index in [1.165, 1.54) is 0 Å². The summed E-state index contributed by atoms with van der Waals surface area (Å²) in [6.07, 6.45) is -3.80. The predicted molar refractivity (Wildman–Crippen MR) is 72.0 cm³/mol. The van der Waals surface area contributed by atoms with Crippen LogP contribution in [0.3, 0.4) is 0 Å². The van der Waals surface area contributed by atoms with Crippen LogP contribution in [0, 0.1) is 0 Å². The topological polar surface area (TPSA) is 67.1 Å². The molecule has 1 aromatic heterocycles. The van der Waals surface area contributed by atoms with Crippen LogP contribution in [0.5, 0.6) is 0 Å². The molecule has 0 bridgehead atoms. The van der Waals surface area contributed by atoms with Gasteiger partial charge in [-0.05, 0) is 18.1 Å². The maximum absolute atomic E-state index is 12.9. The molecule has 0 amide bonds. The highest BCUT2D eigenvalue weighted by atomic mass is 19.4. The summed E-state index contributed by atoms with van der Waals surface area (Å²) in [7, 11) is 0. The number of nitrogen functional groups attached to an aromatic ring is 1. The van der Waals surface area contributed by atoms with E-state index in [0.717, 1.165) is 23.7 Å². The van der Waals surface area contributed by atoms with E-state index in [2.05, 4.69) is 15.4 Å². The van der Waals surface area contributed by atoms with Crippen molar-refractivity contribution >= 4 is 17.5 Å². The van der Waals surface area contributed by atoms with Crippen LogP contribution in [0.2, 0.25) is 0 Å². The second-order valence-corrected chi connectivity index (χ2v) is 4.61. The highest BCUT2D eigenvalue weighted by molar-refractivity contribution is 5.68. The number of alkyl halides is 3. The number of aromatic nitrogens is 2. The van der Waals surface area contributed by atoms with Crippen molar-refractivity contribution in [2.45, 2.75) is 12.6 Å². The Hall–Kier alpha value is -2.35. The second-order valence-electron chi connectivity index (χ2n) is 4.61. The van der Waals surface area contributed by atoms with Gasteiger partial charge in [0.2, 0.25) is 5.95 Å². The van der Waals surface area contributed by atoms with E-state index < -0.39 is 11.9 Å². The van der Waals surface area contributed by atoms with Gasteiger partial charge >= 0.3 is 6.18 Å². The monoisotopic (exact) mass is 295 g/mol. The minimum Gasteiger partial charge on any atom is -0.326 e. The van der Waals surface area contributed by atoms with E-state index in [9.17, 15) is 13.2 Å². The quantitative estimate of drug-likeness (QED) is 0.658. The molecule has 0 atom stereocenters. The van der Waals surface area contributed by atoms with Crippen LogP contribution in [-0.4, -0.2) is 16.5 Å². The van der Waals surface area contributed by atoms with Crippen molar-refractivity contribution in [2.24, 2.45) is 5.84 Å². The number of fused-ring (bicyclic) bond motifs is 1. The van der Waals surface area contributed by atoms with Crippen molar-refractivity contribution in [3.8, 4) is 0 Å². The highest BCUT2D eigenvalue weighted by Gasteiger charge is 2.35.